The Hall–Kier alpha value is -5.59. The Morgan fingerprint density at radius 3 is 2.31 bits per heavy atom. The molecule has 5 aliphatic heterocycles. The Labute approximate surface area is 539 Å². The molecule has 476 valence electrons. The number of halogens is 4. The molecule has 5 aromatic carbocycles. The first-order valence-electron chi connectivity index (χ1n) is 31.0. The van der Waals surface area contributed by atoms with E-state index in [1.165, 1.54) is 41.2 Å². The van der Waals surface area contributed by atoms with Crippen molar-refractivity contribution in [2.24, 2.45) is 17.0 Å². The number of thioether (sulfide) groups is 1. The summed E-state index contributed by atoms with van der Waals surface area (Å²) in [6, 6.07) is 36.1. The zero-order valence-corrected chi connectivity index (χ0v) is 53.4. The van der Waals surface area contributed by atoms with Gasteiger partial charge in [0.25, 0.3) is 5.91 Å². The summed E-state index contributed by atoms with van der Waals surface area (Å²) >= 11 is 10.4. The molecule has 0 bridgehead atoms. The number of hydrogen-bond acceptors (Lipinski definition) is 16. The largest absolute Gasteiger partial charge is 0.471 e. The van der Waals surface area contributed by atoms with E-state index >= 15 is 0 Å². The smallest absolute Gasteiger partial charge is 0.380 e. The fraction of sp³-hybridized carbons (Fsp3) is 0.463. The number of imide groups is 1. The third kappa shape index (κ3) is 18.6. The topological polar surface area (TPSA) is 162 Å². The van der Waals surface area contributed by atoms with Crippen molar-refractivity contribution in [1.29, 1.82) is 0 Å². The van der Waals surface area contributed by atoms with Crippen molar-refractivity contribution in [3.8, 4) is 5.75 Å². The summed E-state index contributed by atoms with van der Waals surface area (Å²) in [7, 11) is 0. The number of carbonyl (C=O) groups excluding carboxylic acids is 4. The van der Waals surface area contributed by atoms with Gasteiger partial charge in [0.15, 0.2) is 23.6 Å². The summed E-state index contributed by atoms with van der Waals surface area (Å²) < 4.78 is 50.2. The van der Waals surface area contributed by atoms with E-state index in [1.54, 1.807) is 28.8 Å². The summed E-state index contributed by atoms with van der Waals surface area (Å²) in [5.74, 6) is 0.773. The molecular weight excluding hydrogens is 1220 g/mol. The van der Waals surface area contributed by atoms with Crippen molar-refractivity contribution in [1.82, 2.24) is 24.9 Å². The third-order valence-corrected chi connectivity index (χ3v) is 19.8. The number of nitrogens with two attached hydrogens (primary N) is 1. The van der Waals surface area contributed by atoms with Crippen molar-refractivity contribution < 1.29 is 46.3 Å². The number of aryl methyl sites for hydroxylation is 1. The second-order valence-corrected chi connectivity index (χ2v) is 26.3. The lowest BCUT2D eigenvalue weighted by atomic mass is 9.80. The van der Waals surface area contributed by atoms with E-state index in [0.29, 0.717) is 54.0 Å². The first kappa shape index (κ1) is 66.3. The molecule has 3 atom stereocenters. The lowest BCUT2D eigenvalue weighted by Gasteiger charge is -2.39. The number of anilines is 2. The van der Waals surface area contributed by atoms with Crippen molar-refractivity contribution in [2.45, 2.75) is 99.7 Å². The predicted octanol–water partition coefficient (Wildman–Crippen LogP) is 12.0. The van der Waals surface area contributed by atoms with Gasteiger partial charge in [-0.15, -0.1) is 28.9 Å². The molecule has 0 aromatic heterocycles. The molecule has 0 saturated carbocycles. The van der Waals surface area contributed by atoms with Crippen LogP contribution in [0.5, 0.6) is 5.75 Å². The van der Waals surface area contributed by atoms with E-state index in [1.807, 2.05) is 72.8 Å². The molecule has 3 amide bonds. The lowest BCUT2D eigenvalue weighted by Crippen LogP contribution is -2.52. The summed E-state index contributed by atoms with van der Waals surface area (Å²) in [4.78, 5) is 69.7. The first-order valence-corrected chi connectivity index (χ1v) is 33.7. The SMILES string of the molecule is NS.O=C1CCC(N2Cc3cc(CCC4CCN(CC5CCC(c6ccc(Cl)cc6)=C(CN6CCN(c7ccc(C(=O)c8ccc(NC(CCN9CCCOCC9)CSc9ccccc9)c(OOSC(F)(F)F)c8)cc7)CC6)C5)CC4)ccc3C2=O)C(=O)N1. The molecule has 0 radical (unpaired) electrons. The van der Waals surface area contributed by atoms with E-state index in [4.69, 9.17) is 21.2 Å². The van der Waals surface area contributed by atoms with Crippen molar-refractivity contribution in [3.05, 3.63) is 159 Å². The molecule has 11 rings (SSSR count). The van der Waals surface area contributed by atoms with Crippen LogP contribution in [-0.2, 0) is 31.6 Å². The van der Waals surface area contributed by atoms with Gasteiger partial charge in [-0.05, 0) is 184 Å². The molecule has 4 saturated heterocycles. The van der Waals surface area contributed by atoms with Gasteiger partial charge < -0.3 is 34.5 Å². The molecular formula is C67H80ClF3N8O7S3. The zero-order valence-electron chi connectivity index (χ0n) is 50.1. The average molecular weight is 1300 g/mol. The number of likely N-dealkylation sites (tertiary alicyclic amines) is 1. The molecule has 5 heterocycles. The van der Waals surface area contributed by atoms with Crippen molar-refractivity contribution in [2.75, 3.05) is 101 Å². The van der Waals surface area contributed by atoms with Crippen molar-refractivity contribution in [3.63, 3.8) is 0 Å². The standard InChI is InChI=1S/C67H77ClF3N7O7S2.H3NS/c68-54-16-11-49(12-17-54)58-20-10-48(42-75-29-25-46(26-30-75)7-8-47-9-21-59-53(39-47)44-78(66(59)82)61-23-24-63(79)73-65(61)81)40-52(58)43-76-32-34-77(35-33-76)56-18-13-50(14-19-56)64(80)51-15-22-60(62(41-51)84-85-87-67(69,70)71)72-55(45-86-57-5-2-1-3-6-57)27-31-74-28-4-37-83-38-36-74;1-2/h1-3,5-6,9,11-19,21-22,39,41,46,48,55,61,72H,4,7-8,10,20,23-38,40,42-45H2,(H,73,79,81);2H,1H2. The number of alkyl halides is 3. The number of nitrogens with zero attached hydrogens (tertiary/aromatic N) is 5. The highest BCUT2D eigenvalue weighted by Crippen LogP contribution is 2.39. The van der Waals surface area contributed by atoms with Gasteiger partial charge in [0.1, 0.15) is 6.04 Å². The summed E-state index contributed by atoms with van der Waals surface area (Å²) in [6.45, 7) is 12.0. The van der Waals surface area contributed by atoms with Gasteiger partial charge >= 0.3 is 5.51 Å². The summed E-state index contributed by atoms with van der Waals surface area (Å²) in [6.07, 6.45) is 9.94. The molecule has 4 N–H and O–H groups in total. The van der Waals surface area contributed by atoms with Crippen LogP contribution in [0.3, 0.4) is 0 Å². The number of amides is 3. The number of rotatable bonds is 23. The van der Waals surface area contributed by atoms with Gasteiger partial charge in [0.2, 0.25) is 11.8 Å². The molecule has 22 heteroatoms. The number of carbonyl (C=O) groups is 4. The van der Waals surface area contributed by atoms with E-state index in [0.717, 1.165) is 145 Å². The third-order valence-electron chi connectivity index (χ3n) is 18.1. The first-order chi connectivity index (χ1) is 43.2. The highest BCUT2D eigenvalue weighted by atomic mass is 35.5. The molecule has 3 unspecified atom stereocenters. The minimum Gasteiger partial charge on any atom is -0.380 e. The molecule has 4 fully saturated rings. The maximum atomic E-state index is 14.1. The summed E-state index contributed by atoms with van der Waals surface area (Å²) in [5.41, 5.74) is 4.49. The number of benzene rings is 5. The number of ether oxygens (including phenoxy) is 1. The fourth-order valence-electron chi connectivity index (χ4n) is 13.2. The molecule has 1 aliphatic carbocycles. The highest BCUT2D eigenvalue weighted by molar-refractivity contribution is 7.99. The molecule has 6 aliphatic rings. The number of fused-ring (bicyclic) bond motifs is 1. The van der Waals surface area contributed by atoms with Crippen molar-refractivity contribution >= 4 is 88.7 Å². The number of allylic oxidation sites excluding steroid dienone is 1. The Balaban J connectivity index is 0.00000432. The molecule has 0 spiro atoms. The maximum Gasteiger partial charge on any atom is 0.471 e. The monoisotopic (exact) mass is 1300 g/mol. The lowest BCUT2D eigenvalue weighted by molar-refractivity contribution is -0.136. The minimum atomic E-state index is -4.70. The van der Waals surface area contributed by atoms with Crippen LogP contribution in [0.2, 0.25) is 5.02 Å². The van der Waals surface area contributed by atoms with Crippen LogP contribution in [0.15, 0.2) is 126 Å². The Morgan fingerprint density at radius 1 is 0.798 bits per heavy atom. The van der Waals surface area contributed by atoms with Crippen LogP contribution in [0.1, 0.15) is 107 Å². The van der Waals surface area contributed by atoms with E-state index in [9.17, 15) is 32.3 Å². The Bertz CT molecular complexity index is 3220. The quantitative estimate of drug-likeness (QED) is 0.00929. The van der Waals surface area contributed by atoms with Crippen LogP contribution < -0.4 is 25.6 Å². The van der Waals surface area contributed by atoms with Crippen LogP contribution >= 0.6 is 48.2 Å². The van der Waals surface area contributed by atoms with Gasteiger partial charge in [-0.25, -0.2) is 0 Å². The summed E-state index contributed by atoms with van der Waals surface area (Å²) in [5, 5.41) is 10.8. The van der Waals surface area contributed by atoms with Gasteiger partial charge in [-0.1, -0.05) is 59.6 Å². The van der Waals surface area contributed by atoms with E-state index < -0.39 is 23.6 Å². The number of piperidine rings is 2. The second kappa shape index (κ2) is 32.1. The van der Waals surface area contributed by atoms with Crippen LogP contribution in [0.25, 0.3) is 5.57 Å². The number of thiol groups is 1. The van der Waals surface area contributed by atoms with Crippen LogP contribution in [0.4, 0.5) is 24.5 Å². The Kier molecular flexibility index (Phi) is 23.9. The number of nitrogens with one attached hydrogen (secondary N) is 2. The van der Waals surface area contributed by atoms with Gasteiger partial charge in [0.05, 0.1) is 12.3 Å². The average Bonchev–Trinajstić information content (AvgIpc) is 2.20. The number of piperazine rings is 1. The van der Waals surface area contributed by atoms with E-state index in [2.05, 4.69) is 76.8 Å². The second-order valence-electron chi connectivity index (χ2n) is 24.0. The zero-order chi connectivity index (χ0) is 62.3. The molecule has 5 aromatic rings. The highest BCUT2D eigenvalue weighted by Gasteiger charge is 2.39. The Morgan fingerprint density at radius 2 is 1.56 bits per heavy atom. The van der Waals surface area contributed by atoms with E-state index in [-0.39, 0.29) is 47.3 Å². The fourth-order valence-corrected chi connectivity index (χ4v) is 14.6. The van der Waals surface area contributed by atoms with Gasteiger partial charge in [-0.2, -0.15) is 13.2 Å². The molecule has 89 heavy (non-hydrogen) atoms. The number of ketones is 1. The van der Waals surface area contributed by atoms with Crippen LogP contribution in [0, 0.1) is 11.8 Å². The minimum absolute atomic E-state index is 0.0206. The van der Waals surface area contributed by atoms with Gasteiger partial charge in [-0.3, -0.25) is 34.5 Å². The molecule has 15 nitrogen and oxygen atoms in total. The number of hydrogen-bond donors (Lipinski definition) is 4. The normalized spacial score (nSPS) is 20.4. The van der Waals surface area contributed by atoms with Gasteiger partial charge in [0, 0.05) is 123 Å². The predicted molar refractivity (Wildman–Crippen MR) is 350 cm³/mol. The van der Waals surface area contributed by atoms with Crippen LogP contribution in [-0.4, -0.2) is 152 Å². The maximum absolute atomic E-state index is 14.1.